The van der Waals surface area contributed by atoms with Crippen molar-refractivity contribution in [3.05, 3.63) is 29.3 Å². The number of likely N-dealkylation sites (tertiary alicyclic amines) is 1. The number of anilines is 1. The number of benzene rings is 1. The number of rotatable bonds is 2. The molecule has 1 aliphatic rings. The molecule has 0 bridgehead atoms. The summed E-state index contributed by atoms with van der Waals surface area (Å²) in [4.78, 5) is 13.9. The second kappa shape index (κ2) is 8.92. The van der Waals surface area contributed by atoms with Crippen LogP contribution in [0.25, 0.3) is 0 Å². The Morgan fingerprint density at radius 3 is 2.43 bits per heavy atom. The lowest BCUT2D eigenvalue weighted by Crippen LogP contribution is -2.47. The van der Waals surface area contributed by atoms with E-state index in [0.717, 1.165) is 25.0 Å². The molecule has 1 fully saturated rings. The van der Waals surface area contributed by atoms with Gasteiger partial charge < -0.3 is 15.0 Å². The Hall–Kier alpha value is -2.14. The number of nitrogens with zero attached hydrogens (tertiary/aromatic N) is 1. The second-order valence-electron chi connectivity index (χ2n) is 9.71. The number of amides is 1. The van der Waals surface area contributed by atoms with Crippen molar-refractivity contribution in [3.63, 3.8) is 0 Å². The summed E-state index contributed by atoms with van der Waals surface area (Å²) in [6.45, 7) is 12.5. The zero-order valence-corrected chi connectivity index (χ0v) is 19.5. The first-order valence-electron chi connectivity index (χ1n) is 10.1. The van der Waals surface area contributed by atoms with Gasteiger partial charge in [0.2, 0.25) is 0 Å². The molecule has 30 heavy (non-hydrogen) atoms. The van der Waals surface area contributed by atoms with Crippen LogP contribution in [0.5, 0.6) is 0 Å². The van der Waals surface area contributed by atoms with Crippen molar-refractivity contribution in [2.75, 3.05) is 18.4 Å². The highest BCUT2D eigenvalue weighted by atomic mass is 28.3. The van der Waals surface area contributed by atoms with Crippen LogP contribution in [0.3, 0.4) is 0 Å². The summed E-state index contributed by atoms with van der Waals surface area (Å²) in [5.74, 6) is 2.91. The molecule has 4 nitrogen and oxygen atoms in total. The third kappa shape index (κ3) is 7.94. The molecule has 1 aromatic rings. The highest BCUT2D eigenvalue weighted by molar-refractivity contribution is 6.83. The van der Waals surface area contributed by atoms with Crippen molar-refractivity contribution in [2.24, 2.45) is 0 Å². The number of alkyl halides is 3. The van der Waals surface area contributed by atoms with Gasteiger partial charge in [0.25, 0.3) is 0 Å². The minimum Gasteiger partial charge on any atom is -0.444 e. The molecule has 0 unspecified atom stereocenters. The lowest BCUT2D eigenvalue weighted by molar-refractivity contribution is -0.137. The van der Waals surface area contributed by atoms with E-state index in [-0.39, 0.29) is 6.04 Å². The van der Waals surface area contributed by atoms with Gasteiger partial charge in [-0.2, -0.15) is 13.2 Å². The lowest BCUT2D eigenvalue weighted by atomic mass is 10.0. The van der Waals surface area contributed by atoms with Gasteiger partial charge in [-0.1, -0.05) is 25.6 Å². The van der Waals surface area contributed by atoms with Gasteiger partial charge in [-0.25, -0.2) is 4.79 Å². The third-order valence-corrected chi connectivity index (χ3v) is 5.16. The quantitative estimate of drug-likeness (QED) is 0.471. The molecule has 1 heterocycles. The Kier molecular flexibility index (Phi) is 7.18. The highest BCUT2D eigenvalue weighted by Gasteiger charge is 2.32. The van der Waals surface area contributed by atoms with E-state index in [9.17, 15) is 18.0 Å². The van der Waals surface area contributed by atoms with E-state index in [1.54, 1.807) is 31.7 Å². The summed E-state index contributed by atoms with van der Waals surface area (Å²) >= 11 is 0. The summed E-state index contributed by atoms with van der Waals surface area (Å²) in [6.07, 6.45) is -3.36. The van der Waals surface area contributed by atoms with Gasteiger partial charge in [-0.15, -0.1) is 5.54 Å². The summed E-state index contributed by atoms with van der Waals surface area (Å²) in [7, 11) is -1.73. The van der Waals surface area contributed by atoms with Gasteiger partial charge in [0.1, 0.15) is 13.7 Å². The summed E-state index contributed by atoms with van der Waals surface area (Å²) < 4.78 is 45.6. The third-order valence-electron chi connectivity index (χ3n) is 4.29. The van der Waals surface area contributed by atoms with E-state index in [4.69, 9.17) is 4.74 Å². The summed E-state index contributed by atoms with van der Waals surface area (Å²) in [6, 6.07) is 3.68. The molecule has 2 rings (SSSR count). The molecular weight excluding hydrogens is 409 g/mol. The minimum absolute atomic E-state index is 0.160. The standard InChI is InChI=1S/C22H31F3N2O2Si/c1-21(2,3)29-20(28)27-10-7-8-18(15-27)26-19-13-16(9-11-30(4,5)6)12-17(14-19)22(23,24)25/h12-14,18,26H,7-8,10,15H2,1-6H3/t18-/m1/s1. The fraction of sp³-hybridized carbons (Fsp3) is 0.591. The molecular formula is C22H31F3N2O2Si. The Labute approximate surface area is 178 Å². The molecule has 1 atom stereocenters. The maximum Gasteiger partial charge on any atom is 0.416 e. The molecule has 1 aliphatic heterocycles. The van der Waals surface area contributed by atoms with E-state index in [0.29, 0.717) is 24.3 Å². The van der Waals surface area contributed by atoms with Gasteiger partial charge in [-0.3, -0.25) is 0 Å². The van der Waals surface area contributed by atoms with E-state index in [1.165, 1.54) is 0 Å². The van der Waals surface area contributed by atoms with E-state index in [2.05, 4.69) is 16.8 Å². The first-order chi connectivity index (χ1) is 13.6. The first-order valence-corrected chi connectivity index (χ1v) is 13.6. The van der Waals surface area contributed by atoms with Gasteiger partial charge >= 0.3 is 12.3 Å². The van der Waals surface area contributed by atoms with Crippen molar-refractivity contribution in [2.45, 2.75) is 71.1 Å². The largest absolute Gasteiger partial charge is 0.444 e. The highest BCUT2D eigenvalue weighted by Crippen LogP contribution is 2.32. The molecule has 0 radical (unpaired) electrons. The fourth-order valence-corrected chi connectivity index (χ4v) is 3.55. The first kappa shape index (κ1) is 24.1. The monoisotopic (exact) mass is 440 g/mol. The fourth-order valence-electron chi connectivity index (χ4n) is 3.03. The second-order valence-corrected chi connectivity index (χ2v) is 14.5. The minimum atomic E-state index is -4.46. The normalized spacial score (nSPS) is 17.8. The molecule has 0 saturated carbocycles. The van der Waals surface area contributed by atoms with Crippen LogP contribution in [0.4, 0.5) is 23.7 Å². The molecule has 1 aromatic carbocycles. The maximum atomic E-state index is 13.4. The smallest absolute Gasteiger partial charge is 0.416 e. The summed E-state index contributed by atoms with van der Waals surface area (Å²) in [5, 5.41) is 3.17. The molecule has 0 aliphatic carbocycles. The maximum absolute atomic E-state index is 13.4. The Balaban J connectivity index is 2.21. The zero-order valence-electron chi connectivity index (χ0n) is 18.5. The molecule has 0 aromatic heterocycles. The number of piperidine rings is 1. The van der Waals surface area contributed by atoms with Crippen molar-refractivity contribution in [3.8, 4) is 11.5 Å². The van der Waals surface area contributed by atoms with Gasteiger partial charge in [0.05, 0.1) is 5.56 Å². The molecule has 1 N–H and O–H groups in total. The lowest BCUT2D eigenvalue weighted by Gasteiger charge is -2.35. The predicted molar refractivity (Wildman–Crippen MR) is 116 cm³/mol. The zero-order chi connectivity index (χ0) is 22.7. The van der Waals surface area contributed by atoms with Crippen molar-refractivity contribution >= 4 is 19.9 Å². The number of carbonyl (C=O) groups excluding carboxylic acids is 1. The number of ether oxygens (including phenoxy) is 1. The van der Waals surface area contributed by atoms with Crippen LogP contribution in [0.15, 0.2) is 18.2 Å². The Morgan fingerprint density at radius 1 is 1.20 bits per heavy atom. The van der Waals surface area contributed by atoms with Crippen LogP contribution < -0.4 is 5.32 Å². The Morgan fingerprint density at radius 2 is 1.87 bits per heavy atom. The van der Waals surface area contributed by atoms with E-state index < -0.39 is 31.5 Å². The SMILES string of the molecule is CC(C)(C)OC(=O)N1CCC[C@@H](Nc2cc(C#C[Si](C)(C)C)cc(C(F)(F)F)c2)C1. The van der Waals surface area contributed by atoms with Crippen molar-refractivity contribution in [1.29, 1.82) is 0 Å². The van der Waals surface area contributed by atoms with Crippen molar-refractivity contribution in [1.82, 2.24) is 4.90 Å². The van der Waals surface area contributed by atoms with E-state index in [1.807, 2.05) is 19.6 Å². The Bertz CT molecular complexity index is 830. The van der Waals surface area contributed by atoms with Crippen LogP contribution in [-0.4, -0.2) is 43.8 Å². The summed E-state index contributed by atoms with van der Waals surface area (Å²) in [5.41, 5.74) is 2.50. The van der Waals surface area contributed by atoms with Crippen LogP contribution in [0.1, 0.15) is 44.7 Å². The predicted octanol–water partition coefficient (Wildman–Crippen LogP) is 5.75. The number of hydrogen-bond acceptors (Lipinski definition) is 3. The average Bonchev–Trinajstić information content (AvgIpc) is 2.57. The van der Waals surface area contributed by atoms with Crippen LogP contribution in [0, 0.1) is 11.5 Å². The number of nitrogens with one attached hydrogen (secondary N) is 1. The topological polar surface area (TPSA) is 41.6 Å². The molecule has 1 saturated heterocycles. The van der Waals surface area contributed by atoms with Crippen LogP contribution in [0.2, 0.25) is 19.6 Å². The molecule has 1 amide bonds. The molecule has 0 spiro atoms. The van der Waals surface area contributed by atoms with Crippen molar-refractivity contribution < 1.29 is 22.7 Å². The average molecular weight is 441 g/mol. The number of carbonyl (C=O) groups is 1. The number of hydrogen-bond donors (Lipinski definition) is 1. The van der Waals surface area contributed by atoms with Crippen LogP contribution >= 0.6 is 0 Å². The molecule has 8 heteroatoms. The van der Waals surface area contributed by atoms with Gasteiger partial charge in [-0.05, 0) is 51.8 Å². The van der Waals surface area contributed by atoms with Gasteiger partial charge in [0, 0.05) is 30.4 Å². The number of halogens is 3. The van der Waals surface area contributed by atoms with Crippen LogP contribution in [-0.2, 0) is 10.9 Å². The van der Waals surface area contributed by atoms with E-state index >= 15 is 0 Å². The molecule has 166 valence electrons. The van der Waals surface area contributed by atoms with Gasteiger partial charge in [0.15, 0.2) is 0 Å².